The zero-order valence-corrected chi connectivity index (χ0v) is 12.6. The molecule has 0 spiro atoms. The SMILES string of the molecule is Cc1c(Cl)nc2ncnn2c1Nc1ccc(Br)c(F)c1. The molecule has 0 bridgehead atoms. The van der Waals surface area contributed by atoms with Crippen LogP contribution in [0.4, 0.5) is 15.9 Å². The minimum absolute atomic E-state index is 0.325. The summed E-state index contributed by atoms with van der Waals surface area (Å²) in [6, 6.07) is 4.73. The summed E-state index contributed by atoms with van der Waals surface area (Å²) >= 11 is 9.17. The van der Waals surface area contributed by atoms with Gasteiger partial charge in [-0.25, -0.2) is 4.39 Å². The summed E-state index contributed by atoms with van der Waals surface area (Å²) in [5.74, 6) is 0.613. The van der Waals surface area contributed by atoms with Gasteiger partial charge in [-0.3, -0.25) is 0 Å². The second kappa shape index (κ2) is 4.99. The molecule has 20 heavy (non-hydrogen) atoms. The van der Waals surface area contributed by atoms with Crippen molar-refractivity contribution in [1.82, 2.24) is 19.6 Å². The average Bonchev–Trinajstić information content (AvgIpc) is 2.87. The fourth-order valence-corrected chi connectivity index (χ4v) is 2.17. The predicted molar refractivity (Wildman–Crippen MR) is 77.9 cm³/mol. The highest BCUT2D eigenvalue weighted by molar-refractivity contribution is 9.10. The van der Waals surface area contributed by atoms with E-state index in [1.54, 1.807) is 19.1 Å². The average molecular weight is 357 g/mol. The molecule has 8 heteroatoms. The van der Waals surface area contributed by atoms with Gasteiger partial charge >= 0.3 is 0 Å². The summed E-state index contributed by atoms with van der Waals surface area (Å²) in [5, 5.41) is 7.49. The Bertz CT molecular complexity index is 804. The molecule has 0 radical (unpaired) electrons. The van der Waals surface area contributed by atoms with Gasteiger partial charge in [-0.2, -0.15) is 19.6 Å². The first-order chi connectivity index (χ1) is 9.56. The normalized spacial score (nSPS) is 11.0. The van der Waals surface area contributed by atoms with E-state index in [0.717, 1.165) is 0 Å². The molecule has 0 aliphatic carbocycles. The van der Waals surface area contributed by atoms with E-state index in [-0.39, 0.29) is 5.82 Å². The first-order valence-electron chi connectivity index (χ1n) is 5.64. The molecule has 0 aliphatic heterocycles. The molecule has 1 aromatic carbocycles. The maximum absolute atomic E-state index is 13.6. The van der Waals surface area contributed by atoms with Crippen molar-refractivity contribution < 1.29 is 4.39 Å². The van der Waals surface area contributed by atoms with Crippen LogP contribution in [0.1, 0.15) is 5.56 Å². The molecule has 3 aromatic rings. The van der Waals surface area contributed by atoms with Crippen molar-refractivity contribution in [2.75, 3.05) is 5.32 Å². The van der Waals surface area contributed by atoms with Crippen molar-refractivity contribution in [2.24, 2.45) is 0 Å². The Hall–Kier alpha value is -1.73. The molecule has 0 saturated carbocycles. The van der Waals surface area contributed by atoms with Crippen molar-refractivity contribution >= 4 is 44.8 Å². The Morgan fingerprint density at radius 1 is 1.40 bits per heavy atom. The predicted octanol–water partition coefficient (Wildman–Crippen LogP) is 3.73. The maximum atomic E-state index is 13.6. The van der Waals surface area contributed by atoms with Crippen molar-refractivity contribution in [3.05, 3.63) is 45.5 Å². The minimum atomic E-state index is -0.359. The molecule has 102 valence electrons. The number of hydrogen-bond donors (Lipinski definition) is 1. The number of aromatic nitrogens is 4. The molecule has 0 fully saturated rings. The molecule has 0 atom stereocenters. The molecule has 0 aliphatic rings. The highest BCUT2D eigenvalue weighted by atomic mass is 79.9. The second-order valence-electron chi connectivity index (χ2n) is 4.10. The lowest BCUT2D eigenvalue weighted by Crippen LogP contribution is -2.05. The fraction of sp³-hybridized carbons (Fsp3) is 0.0833. The minimum Gasteiger partial charge on any atom is -0.340 e. The third-order valence-corrected chi connectivity index (χ3v) is 3.80. The Morgan fingerprint density at radius 2 is 2.20 bits per heavy atom. The van der Waals surface area contributed by atoms with Crippen LogP contribution in [0.2, 0.25) is 5.15 Å². The zero-order chi connectivity index (χ0) is 14.3. The van der Waals surface area contributed by atoms with Crippen LogP contribution in [-0.4, -0.2) is 19.6 Å². The molecule has 5 nitrogen and oxygen atoms in total. The summed E-state index contributed by atoms with van der Waals surface area (Å²) in [6.07, 6.45) is 1.38. The van der Waals surface area contributed by atoms with Gasteiger partial charge in [0.25, 0.3) is 5.78 Å². The monoisotopic (exact) mass is 355 g/mol. The van der Waals surface area contributed by atoms with Crippen molar-refractivity contribution in [2.45, 2.75) is 6.92 Å². The largest absolute Gasteiger partial charge is 0.340 e. The number of nitrogens with one attached hydrogen (secondary N) is 1. The smallest absolute Gasteiger partial charge is 0.255 e. The number of halogens is 3. The van der Waals surface area contributed by atoms with E-state index < -0.39 is 0 Å². The first kappa shape index (κ1) is 13.3. The molecule has 3 rings (SSSR count). The van der Waals surface area contributed by atoms with E-state index in [0.29, 0.717) is 32.5 Å². The van der Waals surface area contributed by atoms with Gasteiger partial charge in [0.2, 0.25) is 0 Å². The quantitative estimate of drug-likeness (QED) is 0.711. The van der Waals surface area contributed by atoms with Crippen molar-refractivity contribution in [3.63, 3.8) is 0 Å². The molecular formula is C12H8BrClFN5. The van der Waals surface area contributed by atoms with Gasteiger partial charge in [0.05, 0.1) is 4.47 Å². The van der Waals surface area contributed by atoms with Crippen LogP contribution < -0.4 is 5.32 Å². The van der Waals surface area contributed by atoms with Crippen LogP contribution in [-0.2, 0) is 0 Å². The topological polar surface area (TPSA) is 55.1 Å². The molecule has 0 amide bonds. The molecule has 2 aromatic heterocycles. The third-order valence-electron chi connectivity index (χ3n) is 2.79. The van der Waals surface area contributed by atoms with E-state index in [1.807, 2.05) is 0 Å². The first-order valence-corrected chi connectivity index (χ1v) is 6.81. The van der Waals surface area contributed by atoms with Crippen LogP contribution in [0.25, 0.3) is 5.78 Å². The summed E-state index contributed by atoms with van der Waals surface area (Å²) < 4.78 is 15.5. The van der Waals surface area contributed by atoms with E-state index in [9.17, 15) is 4.39 Å². The number of anilines is 2. The fourth-order valence-electron chi connectivity index (χ4n) is 1.75. The van der Waals surface area contributed by atoms with Gasteiger partial charge in [-0.05, 0) is 41.1 Å². The van der Waals surface area contributed by atoms with Crippen LogP contribution in [0.15, 0.2) is 29.0 Å². The van der Waals surface area contributed by atoms with Crippen LogP contribution in [0.5, 0.6) is 0 Å². The lowest BCUT2D eigenvalue weighted by Gasteiger charge is -2.12. The van der Waals surface area contributed by atoms with E-state index >= 15 is 0 Å². The highest BCUT2D eigenvalue weighted by Gasteiger charge is 2.13. The van der Waals surface area contributed by atoms with Crippen LogP contribution in [0.3, 0.4) is 0 Å². The van der Waals surface area contributed by atoms with Gasteiger partial charge in [0, 0.05) is 11.3 Å². The number of nitrogens with zero attached hydrogens (tertiary/aromatic N) is 4. The van der Waals surface area contributed by atoms with Gasteiger partial charge in [0.15, 0.2) is 0 Å². The lowest BCUT2D eigenvalue weighted by molar-refractivity contribution is 0.622. The second-order valence-corrected chi connectivity index (χ2v) is 5.31. The maximum Gasteiger partial charge on any atom is 0.255 e. The Balaban J connectivity index is 2.11. The molecule has 0 saturated heterocycles. The van der Waals surface area contributed by atoms with Crippen molar-refractivity contribution in [3.8, 4) is 0 Å². The van der Waals surface area contributed by atoms with Gasteiger partial charge < -0.3 is 5.32 Å². The number of fused-ring (bicyclic) bond motifs is 1. The molecular weight excluding hydrogens is 349 g/mol. The van der Waals surface area contributed by atoms with Crippen molar-refractivity contribution in [1.29, 1.82) is 0 Å². The Morgan fingerprint density at radius 3 is 2.95 bits per heavy atom. The molecule has 0 unspecified atom stereocenters. The van der Waals surface area contributed by atoms with Crippen LogP contribution in [0, 0.1) is 12.7 Å². The summed E-state index contributed by atoms with van der Waals surface area (Å²) in [6.45, 7) is 1.80. The molecule has 2 heterocycles. The Labute approximate surface area is 126 Å². The summed E-state index contributed by atoms with van der Waals surface area (Å²) in [5.41, 5.74) is 1.28. The van der Waals surface area contributed by atoms with E-state index in [1.165, 1.54) is 16.9 Å². The summed E-state index contributed by atoms with van der Waals surface area (Å²) in [4.78, 5) is 8.09. The number of rotatable bonds is 2. The van der Waals surface area contributed by atoms with Gasteiger partial charge in [-0.15, -0.1) is 0 Å². The Kier molecular flexibility index (Phi) is 3.31. The standard InChI is InChI=1S/C12H8BrClFN5/c1-6-10(14)19-12-16-5-17-20(12)11(6)18-7-2-3-8(13)9(15)4-7/h2-5,18H,1H3. The van der Waals surface area contributed by atoms with E-state index in [2.05, 4.69) is 36.3 Å². The van der Waals surface area contributed by atoms with E-state index in [4.69, 9.17) is 11.6 Å². The zero-order valence-electron chi connectivity index (χ0n) is 10.2. The number of benzene rings is 1. The third kappa shape index (κ3) is 2.23. The lowest BCUT2D eigenvalue weighted by atomic mass is 10.3. The molecule has 1 N–H and O–H groups in total. The number of hydrogen-bond acceptors (Lipinski definition) is 4. The van der Waals surface area contributed by atoms with Gasteiger partial charge in [-0.1, -0.05) is 11.6 Å². The summed E-state index contributed by atoms with van der Waals surface area (Å²) in [7, 11) is 0. The van der Waals surface area contributed by atoms with Crippen LogP contribution >= 0.6 is 27.5 Å². The highest BCUT2D eigenvalue weighted by Crippen LogP contribution is 2.27. The van der Waals surface area contributed by atoms with Gasteiger partial charge in [0.1, 0.15) is 23.1 Å².